The number of hydrogen-bond acceptors (Lipinski definition) is 2. The highest BCUT2D eigenvalue weighted by Gasteiger charge is 2.31. The van der Waals surface area contributed by atoms with Crippen LogP contribution in [0, 0.1) is 0 Å². The molecule has 0 aliphatic carbocycles. The maximum Gasteiger partial charge on any atom is 0.174 e. The highest BCUT2D eigenvalue weighted by molar-refractivity contribution is 7.85. The van der Waals surface area contributed by atoms with Crippen LogP contribution in [0.25, 0.3) is 0 Å². The van der Waals surface area contributed by atoms with Crippen LogP contribution in [0.5, 0.6) is 5.75 Å². The zero-order chi connectivity index (χ0) is 14.7. The van der Waals surface area contributed by atoms with Gasteiger partial charge in [-0.05, 0) is 12.1 Å². The van der Waals surface area contributed by atoms with Gasteiger partial charge in [-0.25, -0.2) is 0 Å². The molecule has 0 atom stereocenters. The van der Waals surface area contributed by atoms with E-state index < -0.39 is 7.14 Å². The summed E-state index contributed by atoms with van der Waals surface area (Å²) in [5.74, 6) is 0.0635. The number of aromatic hydroxyl groups is 1. The molecule has 0 aromatic heterocycles. The van der Waals surface area contributed by atoms with Crippen molar-refractivity contribution < 1.29 is 9.67 Å². The van der Waals surface area contributed by atoms with E-state index in [1.54, 1.807) is 24.3 Å². The molecule has 0 saturated carbocycles. The first-order valence-corrected chi connectivity index (χ1v) is 8.43. The summed E-state index contributed by atoms with van der Waals surface area (Å²) in [7, 11) is -3.06. The van der Waals surface area contributed by atoms with E-state index in [1.165, 1.54) is 0 Å². The van der Waals surface area contributed by atoms with Crippen molar-refractivity contribution in [3.63, 3.8) is 0 Å². The lowest BCUT2D eigenvalue weighted by Crippen LogP contribution is -2.25. The van der Waals surface area contributed by atoms with Crippen LogP contribution in [0.15, 0.2) is 84.9 Å². The molecule has 0 spiro atoms. The Balaban J connectivity index is 2.32. The second-order valence-corrected chi connectivity index (χ2v) is 7.50. The van der Waals surface area contributed by atoms with E-state index in [9.17, 15) is 9.67 Å². The Bertz CT molecular complexity index is 739. The number of phenolic OH excluding ortho intramolecular Hbond substituents is 1. The summed E-state index contributed by atoms with van der Waals surface area (Å²) in [6.45, 7) is 0. The Hall–Kier alpha value is -2.31. The summed E-state index contributed by atoms with van der Waals surface area (Å²) in [4.78, 5) is 0. The fraction of sp³-hybridized carbons (Fsp3) is 0. The standard InChI is InChI=1S/C18H15O2P/c19-17-13-7-8-14-18(17)21(20,15-9-3-1-4-10-15)16-11-5-2-6-12-16/h1-14,19H. The molecule has 0 saturated heterocycles. The third-order valence-corrected chi connectivity index (χ3v) is 6.57. The van der Waals surface area contributed by atoms with E-state index in [0.29, 0.717) is 5.30 Å². The van der Waals surface area contributed by atoms with Crippen LogP contribution < -0.4 is 15.9 Å². The van der Waals surface area contributed by atoms with E-state index in [1.807, 2.05) is 60.7 Å². The van der Waals surface area contributed by atoms with E-state index in [2.05, 4.69) is 0 Å². The summed E-state index contributed by atoms with van der Waals surface area (Å²) >= 11 is 0. The van der Waals surface area contributed by atoms with Gasteiger partial charge in [-0.3, -0.25) is 0 Å². The Morgan fingerprint density at radius 3 is 1.52 bits per heavy atom. The molecular weight excluding hydrogens is 279 g/mol. The number of benzene rings is 3. The average molecular weight is 294 g/mol. The summed E-state index contributed by atoms with van der Waals surface area (Å²) in [5.41, 5.74) is 0. The molecule has 0 heterocycles. The van der Waals surface area contributed by atoms with Crippen LogP contribution in [-0.2, 0) is 4.57 Å². The maximum absolute atomic E-state index is 13.9. The monoisotopic (exact) mass is 294 g/mol. The lowest BCUT2D eigenvalue weighted by Gasteiger charge is -2.20. The van der Waals surface area contributed by atoms with Crippen LogP contribution in [0.3, 0.4) is 0 Å². The van der Waals surface area contributed by atoms with Crippen LogP contribution in [-0.4, -0.2) is 5.11 Å². The van der Waals surface area contributed by atoms with Crippen molar-refractivity contribution in [1.82, 2.24) is 0 Å². The van der Waals surface area contributed by atoms with Gasteiger partial charge in [0.05, 0.1) is 5.30 Å². The summed E-state index contributed by atoms with van der Waals surface area (Å²) in [5, 5.41) is 12.1. The quantitative estimate of drug-likeness (QED) is 0.754. The molecule has 3 rings (SSSR count). The minimum Gasteiger partial charge on any atom is -0.507 e. The highest BCUT2D eigenvalue weighted by atomic mass is 31.2. The molecule has 3 heteroatoms. The third-order valence-electron chi connectivity index (χ3n) is 3.46. The topological polar surface area (TPSA) is 37.3 Å². The van der Waals surface area contributed by atoms with Crippen LogP contribution >= 0.6 is 7.14 Å². The van der Waals surface area contributed by atoms with Gasteiger partial charge in [-0.1, -0.05) is 72.8 Å². The van der Waals surface area contributed by atoms with Gasteiger partial charge in [-0.2, -0.15) is 0 Å². The Morgan fingerprint density at radius 1 is 0.619 bits per heavy atom. The van der Waals surface area contributed by atoms with Crippen molar-refractivity contribution in [3.8, 4) is 5.75 Å². The van der Waals surface area contributed by atoms with Crippen molar-refractivity contribution in [2.75, 3.05) is 0 Å². The predicted molar refractivity (Wildman–Crippen MR) is 87.5 cm³/mol. The minimum absolute atomic E-state index is 0.0635. The smallest absolute Gasteiger partial charge is 0.174 e. The first-order valence-electron chi connectivity index (χ1n) is 6.73. The molecule has 3 aromatic rings. The SMILES string of the molecule is O=P(c1ccccc1)(c1ccccc1)c1ccccc1O. The fourth-order valence-corrected chi connectivity index (χ4v) is 5.17. The molecule has 3 aromatic carbocycles. The zero-order valence-electron chi connectivity index (χ0n) is 11.4. The summed E-state index contributed by atoms with van der Waals surface area (Å²) < 4.78 is 13.9. The molecule has 2 nitrogen and oxygen atoms in total. The van der Waals surface area contributed by atoms with Gasteiger partial charge in [0.2, 0.25) is 0 Å². The molecule has 0 fully saturated rings. The van der Waals surface area contributed by atoms with E-state index in [0.717, 1.165) is 10.6 Å². The van der Waals surface area contributed by atoms with Gasteiger partial charge >= 0.3 is 0 Å². The van der Waals surface area contributed by atoms with Gasteiger partial charge < -0.3 is 9.67 Å². The first kappa shape index (κ1) is 13.7. The average Bonchev–Trinajstić information content (AvgIpc) is 2.56. The summed E-state index contributed by atoms with van der Waals surface area (Å²) in [6, 6.07) is 25.5. The second kappa shape index (κ2) is 5.59. The van der Waals surface area contributed by atoms with E-state index >= 15 is 0 Å². The van der Waals surface area contributed by atoms with E-state index in [-0.39, 0.29) is 5.75 Å². The molecular formula is C18H15O2P. The largest absolute Gasteiger partial charge is 0.507 e. The van der Waals surface area contributed by atoms with Crippen molar-refractivity contribution in [1.29, 1.82) is 0 Å². The number of phenols is 1. The number of hydrogen-bond donors (Lipinski definition) is 1. The van der Waals surface area contributed by atoms with Gasteiger partial charge in [-0.15, -0.1) is 0 Å². The molecule has 1 N–H and O–H groups in total. The molecule has 0 unspecified atom stereocenters. The van der Waals surface area contributed by atoms with E-state index in [4.69, 9.17) is 0 Å². The molecule has 0 amide bonds. The normalized spacial score (nSPS) is 11.2. The Kier molecular flexibility index (Phi) is 3.64. The fourth-order valence-electron chi connectivity index (χ4n) is 2.43. The minimum atomic E-state index is -3.06. The second-order valence-electron chi connectivity index (χ2n) is 4.77. The number of rotatable bonds is 3. The lowest BCUT2D eigenvalue weighted by molar-refractivity contribution is 0.479. The third kappa shape index (κ3) is 2.39. The molecule has 21 heavy (non-hydrogen) atoms. The Morgan fingerprint density at radius 2 is 1.05 bits per heavy atom. The molecule has 104 valence electrons. The zero-order valence-corrected chi connectivity index (χ0v) is 12.3. The highest BCUT2D eigenvalue weighted by Crippen LogP contribution is 2.44. The Labute approximate surface area is 124 Å². The van der Waals surface area contributed by atoms with Crippen molar-refractivity contribution in [2.45, 2.75) is 0 Å². The summed E-state index contributed by atoms with van der Waals surface area (Å²) in [6.07, 6.45) is 0. The lowest BCUT2D eigenvalue weighted by atomic mass is 10.3. The number of para-hydroxylation sites is 1. The van der Waals surface area contributed by atoms with Crippen molar-refractivity contribution >= 4 is 23.1 Å². The van der Waals surface area contributed by atoms with Crippen molar-refractivity contribution in [3.05, 3.63) is 84.9 Å². The van der Waals surface area contributed by atoms with Crippen LogP contribution in [0.2, 0.25) is 0 Å². The van der Waals surface area contributed by atoms with Gasteiger partial charge in [0.1, 0.15) is 5.75 Å². The van der Waals surface area contributed by atoms with Gasteiger partial charge in [0.15, 0.2) is 7.14 Å². The van der Waals surface area contributed by atoms with Crippen LogP contribution in [0.1, 0.15) is 0 Å². The molecule has 0 radical (unpaired) electrons. The predicted octanol–water partition coefficient (Wildman–Crippen LogP) is 3.03. The molecule has 0 aliphatic rings. The van der Waals surface area contributed by atoms with Gasteiger partial charge in [0, 0.05) is 10.6 Å². The molecule has 0 aliphatic heterocycles. The van der Waals surface area contributed by atoms with Crippen molar-refractivity contribution in [2.24, 2.45) is 0 Å². The van der Waals surface area contributed by atoms with Gasteiger partial charge in [0.25, 0.3) is 0 Å². The van der Waals surface area contributed by atoms with Crippen LogP contribution in [0.4, 0.5) is 0 Å². The molecule has 0 bridgehead atoms. The maximum atomic E-state index is 13.9. The first-order chi connectivity index (χ1) is 10.2.